The molecule has 1 atom stereocenters. The zero-order chi connectivity index (χ0) is 13.4. The summed E-state index contributed by atoms with van der Waals surface area (Å²) in [5.41, 5.74) is 4.93. The lowest BCUT2D eigenvalue weighted by Gasteiger charge is -2.36. The molecule has 1 unspecified atom stereocenters. The molecule has 2 nitrogen and oxygen atoms in total. The molecule has 1 saturated heterocycles. The van der Waals surface area contributed by atoms with Crippen LogP contribution in [0.3, 0.4) is 0 Å². The Kier molecular flexibility index (Phi) is 3.17. The van der Waals surface area contributed by atoms with Crippen LogP contribution in [0.5, 0.6) is 0 Å². The van der Waals surface area contributed by atoms with Crippen LogP contribution in [-0.4, -0.2) is 17.6 Å². The van der Waals surface area contributed by atoms with Crippen LogP contribution in [-0.2, 0) is 0 Å². The lowest BCUT2D eigenvalue weighted by molar-refractivity contribution is 0.485. The maximum absolute atomic E-state index is 4.73. The fourth-order valence-electron chi connectivity index (χ4n) is 3.19. The van der Waals surface area contributed by atoms with E-state index < -0.39 is 0 Å². The zero-order valence-corrected chi connectivity index (χ0v) is 12.1. The van der Waals surface area contributed by atoms with E-state index in [4.69, 9.17) is 4.98 Å². The van der Waals surface area contributed by atoms with Gasteiger partial charge in [-0.3, -0.25) is 4.98 Å². The fourth-order valence-corrected chi connectivity index (χ4v) is 3.19. The third kappa shape index (κ3) is 2.20. The van der Waals surface area contributed by atoms with Crippen LogP contribution in [0.15, 0.2) is 24.3 Å². The highest BCUT2D eigenvalue weighted by molar-refractivity contribution is 5.94. The topological polar surface area (TPSA) is 16.1 Å². The first-order chi connectivity index (χ1) is 9.16. The van der Waals surface area contributed by atoms with E-state index in [1.54, 1.807) is 0 Å². The van der Waals surface area contributed by atoms with Crippen molar-refractivity contribution in [1.82, 2.24) is 4.98 Å². The molecule has 0 radical (unpaired) electrons. The first-order valence-electron chi connectivity index (χ1n) is 7.30. The van der Waals surface area contributed by atoms with Crippen LogP contribution in [0.1, 0.15) is 37.4 Å². The van der Waals surface area contributed by atoms with E-state index >= 15 is 0 Å². The minimum atomic E-state index is 0.638. The van der Waals surface area contributed by atoms with Gasteiger partial charge in [0.15, 0.2) is 0 Å². The normalized spacial score (nSPS) is 19.9. The standard InChI is InChI=1S/C17H22N2/c1-12-7-6-9-15-16(11-13(2)18-17(12)15)19-10-5-4-8-14(19)3/h6-7,9,11,14H,4-5,8,10H2,1-3H3. The van der Waals surface area contributed by atoms with Gasteiger partial charge in [-0.15, -0.1) is 0 Å². The molecule has 3 rings (SSSR count). The van der Waals surface area contributed by atoms with Gasteiger partial charge in [0.1, 0.15) is 0 Å². The van der Waals surface area contributed by atoms with Crippen LogP contribution in [0.2, 0.25) is 0 Å². The van der Waals surface area contributed by atoms with Crippen molar-refractivity contribution in [2.24, 2.45) is 0 Å². The second-order valence-corrected chi connectivity index (χ2v) is 5.79. The smallest absolute Gasteiger partial charge is 0.0755 e. The number of benzene rings is 1. The third-order valence-electron chi connectivity index (χ3n) is 4.26. The fraction of sp³-hybridized carbons (Fsp3) is 0.471. The summed E-state index contributed by atoms with van der Waals surface area (Å²) in [6, 6.07) is 9.40. The number of para-hydroxylation sites is 1. The lowest BCUT2D eigenvalue weighted by atomic mass is 10.0. The number of hydrogen-bond acceptors (Lipinski definition) is 2. The number of fused-ring (bicyclic) bond motifs is 1. The summed E-state index contributed by atoms with van der Waals surface area (Å²) in [5, 5.41) is 1.30. The van der Waals surface area contributed by atoms with Gasteiger partial charge >= 0.3 is 0 Å². The molecule has 1 fully saturated rings. The summed E-state index contributed by atoms with van der Waals surface area (Å²) in [6.45, 7) is 7.77. The molecule has 0 spiro atoms. The van der Waals surface area contributed by atoms with E-state index in [2.05, 4.69) is 49.9 Å². The Morgan fingerprint density at radius 1 is 1.21 bits per heavy atom. The number of hydrogen-bond donors (Lipinski definition) is 0. The van der Waals surface area contributed by atoms with Gasteiger partial charge in [0.05, 0.1) is 5.52 Å². The third-order valence-corrected chi connectivity index (χ3v) is 4.26. The highest BCUT2D eigenvalue weighted by Gasteiger charge is 2.21. The number of pyridine rings is 1. The van der Waals surface area contributed by atoms with Gasteiger partial charge in [-0.05, 0) is 51.7 Å². The van der Waals surface area contributed by atoms with E-state index in [9.17, 15) is 0 Å². The van der Waals surface area contributed by atoms with Crippen molar-refractivity contribution in [1.29, 1.82) is 0 Å². The molecule has 0 amide bonds. The zero-order valence-electron chi connectivity index (χ0n) is 12.1. The number of aromatic nitrogens is 1. The molecule has 1 aliphatic rings. The van der Waals surface area contributed by atoms with Crippen LogP contribution >= 0.6 is 0 Å². The van der Waals surface area contributed by atoms with Crippen LogP contribution in [0, 0.1) is 13.8 Å². The van der Waals surface area contributed by atoms with Crippen LogP contribution in [0.4, 0.5) is 5.69 Å². The molecule has 0 aliphatic carbocycles. The number of nitrogens with zero attached hydrogens (tertiary/aromatic N) is 2. The van der Waals surface area contributed by atoms with Crippen molar-refractivity contribution in [3.63, 3.8) is 0 Å². The van der Waals surface area contributed by atoms with Crippen molar-refractivity contribution in [2.45, 2.75) is 46.1 Å². The number of anilines is 1. The Hall–Kier alpha value is -1.57. The van der Waals surface area contributed by atoms with Crippen molar-refractivity contribution in [3.05, 3.63) is 35.5 Å². The van der Waals surface area contributed by atoms with Gasteiger partial charge in [-0.25, -0.2) is 0 Å². The molecule has 1 aliphatic heterocycles. The van der Waals surface area contributed by atoms with Gasteiger partial charge in [0.2, 0.25) is 0 Å². The Labute approximate surface area is 115 Å². The predicted octanol–water partition coefficient (Wildman–Crippen LogP) is 4.23. The molecule has 1 aromatic carbocycles. The second kappa shape index (κ2) is 4.84. The number of aryl methyl sites for hydroxylation is 2. The predicted molar refractivity (Wildman–Crippen MR) is 81.9 cm³/mol. The van der Waals surface area contributed by atoms with Gasteiger partial charge in [0, 0.05) is 29.4 Å². The minimum absolute atomic E-state index is 0.638. The Bertz CT molecular complexity index is 603. The maximum atomic E-state index is 4.73. The first-order valence-corrected chi connectivity index (χ1v) is 7.30. The van der Waals surface area contributed by atoms with E-state index in [0.29, 0.717) is 6.04 Å². The summed E-state index contributed by atoms with van der Waals surface area (Å²) in [6.07, 6.45) is 3.96. The van der Waals surface area contributed by atoms with Crippen LogP contribution < -0.4 is 4.90 Å². The van der Waals surface area contributed by atoms with Gasteiger partial charge in [-0.1, -0.05) is 18.2 Å². The molecule has 100 valence electrons. The summed E-state index contributed by atoms with van der Waals surface area (Å²) >= 11 is 0. The average Bonchev–Trinajstić information content (AvgIpc) is 2.40. The molecular weight excluding hydrogens is 232 g/mol. The number of piperidine rings is 1. The molecule has 0 N–H and O–H groups in total. The molecule has 19 heavy (non-hydrogen) atoms. The van der Waals surface area contributed by atoms with Crippen molar-refractivity contribution in [3.8, 4) is 0 Å². The summed E-state index contributed by atoms with van der Waals surface area (Å²) < 4.78 is 0. The van der Waals surface area contributed by atoms with Gasteiger partial charge in [0.25, 0.3) is 0 Å². The summed E-state index contributed by atoms with van der Waals surface area (Å²) in [4.78, 5) is 7.30. The molecule has 2 heteroatoms. The van der Waals surface area contributed by atoms with E-state index in [0.717, 1.165) is 11.2 Å². The van der Waals surface area contributed by atoms with Gasteiger partial charge in [-0.2, -0.15) is 0 Å². The van der Waals surface area contributed by atoms with Crippen molar-refractivity contribution >= 4 is 16.6 Å². The minimum Gasteiger partial charge on any atom is -0.368 e. The van der Waals surface area contributed by atoms with E-state index in [-0.39, 0.29) is 0 Å². The van der Waals surface area contributed by atoms with Gasteiger partial charge < -0.3 is 4.90 Å². The van der Waals surface area contributed by atoms with Crippen LogP contribution in [0.25, 0.3) is 10.9 Å². The monoisotopic (exact) mass is 254 g/mol. The molecular formula is C17H22N2. The molecule has 0 bridgehead atoms. The Morgan fingerprint density at radius 3 is 2.84 bits per heavy atom. The Balaban J connectivity index is 2.19. The highest BCUT2D eigenvalue weighted by atomic mass is 15.2. The molecule has 0 saturated carbocycles. The summed E-state index contributed by atoms with van der Waals surface area (Å²) in [7, 11) is 0. The van der Waals surface area contributed by atoms with E-state index in [1.807, 2.05) is 0 Å². The second-order valence-electron chi connectivity index (χ2n) is 5.79. The quantitative estimate of drug-likeness (QED) is 0.757. The Morgan fingerprint density at radius 2 is 2.05 bits per heavy atom. The first kappa shape index (κ1) is 12.5. The van der Waals surface area contributed by atoms with E-state index in [1.165, 1.54) is 42.4 Å². The summed E-state index contributed by atoms with van der Waals surface area (Å²) in [5.74, 6) is 0. The average molecular weight is 254 g/mol. The molecule has 2 aromatic rings. The van der Waals surface area contributed by atoms with Crippen molar-refractivity contribution in [2.75, 3.05) is 11.4 Å². The van der Waals surface area contributed by atoms with Crippen molar-refractivity contribution < 1.29 is 0 Å². The highest BCUT2D eigenvalue weighted by Crippen LogP contribution is 2.32. The maximum Gasteiger partial charge on any atom is 0.0755 e. The molecule has 2 heterocycles. The molecule has 1 aromatic heterocycles. The largest absolute Gasteiger partial charge is 0.368 e. The SMILES string of the molecule is Cc1cc(N2CCCCC2C)c2cccc(C)c2n1. The number of rotatable bonds is 1. The lowest BCUT2D eigenvalue weighted by Crippen LogP contribution is -2.37.